The fourth-order valence-corrected chi connectivity index (χ4v) is 6.50. The van der Waals surface area contributed by atoms with Crippen molar-refractivity contribution in [1.29, 1.82) is 0 Å². The summed E-state index contributed by atoms with van der Waals surface area (Å²) in [5.74, 6) is -0.702. The molecule has 2 amide bonds. The molecule has 1 fully saturated rings. The Labute approximate surface area is 304 Å². The van der Waals surface area contributed by atoms with Crippen LogP contribution in [0.4, 0.5) is 10.5 Å². The largest absolute Gasteiger partial charge is 0.493 e. The van der Waals surface area contributed by atoms with Crippen LogP contribution in [0, 0.1) is 17.8 Å². The van der Waals surface area contributed by atoms with Crippen LogP contribution in [0.5, 0.6) is 5.75 Å². The summed E-state index contributed by atoms with van der Waals surface area (Å²) in [7, 11) is 0. The van der Waals surface area contributed by atoms with Gasteiger partial charge in [0.1, 0.15) is 17.1 Å². The molecule has 0 aromatic heterocycles. The number of amides is 2. The fourth-order valence-electron chi connectivity index (χ4n) is 6.50. The highest BCUT2D eigenvalue weighted by Gasteiger charge is 2.31. The number of rotatable bonds is 14. The molecule has 0 bridgehead atoms. The number of hydrogen-bond donors (Lipinski definition) is 3. The minimum atomic E-state index is -1.03. The van der Waals surface area contributed by atoms with E-state index in [-0.39, 0.29) is 35.5 Å². The topological polar surface area (TPSA) is 168 Å². The highest BCUT2D eigenvalue weighted by molar-refractivity contribution is 6.01. The van der Waals surface area contributed by atoms with Gasteiger partial charge >= 0.3 is 12.1 Å². The van der Waals surface area contributed by atoms with Gasteiger partial charge < -0.3 is 25.2 Å². The molecule has 1 atom stereocenters. The van der Waals surface area contributed by atoms with E-state index in [4.69, 9.17) is 9.47 Å². The van der Waals surface area contributed by atoms with Gasteiger partial charge in [-0.2, -0.15) is 5.11 Å². The zero-order valence-electron chi connectivity index (χ0n) is 30.2. The normalized spacial score (nSPS) is 17.5. The van der Waals surface area contributed by atoms with Gasteiger partial charge in [0.2, 0.25) is 5.91 Å². The lowest BCUT2D eigenvalue weighted by molar-refractivity contribution is -0.129. The molecule has 0 unspecified atom stereocenters. The summed E-state index contributed by atoms with van der Waals surface area (Å²) < 4.78 is 11.1. The van der Waals surface area contributed by atoms with Gasteiger partial charge in [0, 0.05) is 41.6 Å². The lowest BCUT2D eigenvalue weighted by Gasteiger charge is -2.29. The first-order chi connectivity index (χ1) is 24.9. The van der Waals surface area contributed by atoms with Crippen LogP contribution in [0.1, 0.15) is 81.3 Å². The van der Waals surface area contributed by atoms with Crippen LogP contribution in [-0.2, 0) is 20.7 Å². The molecule has 1 aliphatic heterocycles. The molecular formula is C40H47N5O7. The summed E-state index contributed by atoms with van der Waals surface area (Å²) in [5.41, 5.74) is 3.45. The van der Waals surface area contributed by atoms with E-state index in [2.05, 4.69) is 25.9 Å². The molecule has 1 aliphatic carbocycles. The number of carbonyl (C=O) groups excluding carboxylic acids is 3. The first kappa shape index (κ1) is 37.9. The van der Waals surface area contributed by atoms with Gasteiger partial charge in [-0.3, -0.25) is 9.59 Å². The number of aliphatic imine (C=N–C) groups is 1. The Kier molecular flexibility index (Phi) is 12.5. The van der Waals surface area contributed by atoms with Gasteiger partial charge in [-0.15, -0.1) is 5.11 Å². The quantitative estimate of drug-likeness (QED) is 0.154. The number of ketones is 1. The summed E-state index contributed by atoms with van der Waals surface area (Å²) in [5, 5.41) is 23.2. The standard InChI is InChI=1S/C40H47N5O7/c1-5-51-35-22-30(38(48)49)16-19-33(35)27-10-6-25(7-11-27)20-31(37(47)44-32-17-14-29(15-18-32)36-42-24-43-45-36)21-34(46)28-12-8-26(9-13-28)23-41-39(50)52-40(2,3)4/h6-7,10-11,14-19,22,26,28,31H,5,8-9,12-13,20-21,23-24H2,1-4H3,(H,41,50)(H,44,47)(H,48,49)/t26?,28?,31-/m1/s1. The maximum absolute atomic E-state index is 13.8. The molecule has 1 heterocycles. The van der Waals surface area contributed by atoms with Crippen LogP contribution >= 0.6 is 0 Å². The van der Waals surface area contributed by atoms with Gasteiger partial charge in [-0.05, 0) is 119 Å². The number of anilines is 1. The zero-order chi connectivity index (χ0) is 37.3. The maximum Gasteiger partial charge on any atom is 0.407 e. The first-order valence-corrected chi connectivity index (χ1v) is 17.8. The third kappa shape index (κ3) is 10.6. The summed E-state index contributed by atoms with van der Waals surface area (Å²) in [4.78, 5) is 55.5. The third-order valence-electron chi connectivity index (χ3n) is 9.19. The molecule has 2 aliphatic rings. The van der Waals surface area contributed by atoms with Crippen LogP contribution in [0.3, 0.4) is 0 Å². The van der Waals surface area contributed by atoms with Crippen LogP contribution in [-0.4, -0.2) is 60.1 Å². The second-order valence-electron chi connectivity index (χ2n) is 14.2. The van der Waals surface area contributed by atoms with Crippen molar-refractivity contribution >= 4 is 35.3 Å². The molecule has 1 saturated carbocycles. The Hall–Kier alpha value is -5.39. The lowest BCUT2D eigenvalue weighted by Crippen LogP contribution is -2.37. The summed E-state index contributed by atoms with van der Waals surface area (Å²) in [6.45, 7) is 8.50. The molecule has 12 nitrogen and oxygen atoms in total. The van der Waals surface area contributed by atoms with Crippen molar-refractivity contribution in [2.24, 2.45) is 33.0 Å². The first-order valence-electron chi connectivity index (χ1n) is 17.8. The lowest BCUT2D eigenvalue weighted by atomic mass is 9.77. The second-order valence-corrected chi connectivity index (χ2v) is 14.2. The van der Waals surface area contributed by atoms with E-state index < -0.39 is 23.6 Å². The predicted octanol–water partition coefficient (Wildman–Crippen LogP) is 7.71. The monoisotopic (exact) mass is 709 g/mol. The molecule has 12 heteroatoms. The van der Waals surface area contributed by atoms with Gasteiger partial charge in [0.25, 0.3) is 0 Å². The minimum Gasteiger partial charge on any atom is -0.493 e. The number of benzene rings is 3. The fraction of sp³-hybridized carbons (Fsp3) is 0.425. The number of hydrogen-bond acceptors (Lipinski definition) is 9. The minimum absolute atomic E-state index is 0.0650. The van der Waals surface area contributed by atoms with Gasteiger partial charge in [0.15, 0.2) is 12.5 Å². The van der Waals surface area contributed by atoms with Crippen molar-refractivity contribution in [3.8, 4) is 16.9 Å². The SMILES string of the molecule is CCOc1cc(C(=O)O)ccc1-c1ccc(C[C@H](CC(=O)C2CCC(CNC(=O)OC(C)(C)C)CC2)C(=O)Nc2ccc(C3=NCN=N3)cc2)cc1. The molecule has 52 heavy (non-hydrogen) atoms. The molecule has 0 saturated heterocycles. The number of aromatic carboxylic acids is 1. The molecule has 274 valence electrons. The number of carboxylic acid groups (broad SMARTS) is 1. The number of Topliss-reactive ketones (excluding diaryl/α,β-unsaturated/α-hetero) is 1. The van der Waals surface area contributed by atoms with E-state index in [0.717, 1.165) is 35.1 Å². The number of amidine groups is 1. The van der Waals surface area contributed by atoms with Gasteiger partial charge in [0.05, 0.1) is 12.2 Å². The second kappa shape index (κ2) is 17.2. The molecule has 0 radical (unpaired) electrons. The number of carboxylic acids is 1. The molecule has 3 N–H and O–H groups in total. The smallest absolute Gasteiger partial charge is 0.407 e. The van der Waals surface area contributed by atoms with Crippen molar-refractivity contribution in [3.63, 3.8) is 0 Å². The summed E-state index contributed by atoms with van der Waals surface area (Å²) in [6.07, 6.45) is 3.02. The highest BCUT2D eigenvalue weighted by Crippen LogP contribution is 2.33. The van der Waals surface area contributed by atoms with Gasteiger partial charge in [-0.25, -0.2) is 14.6 Å². The summed E-state index contributed by atoms with van der Waals surface area (Å²) >= 11 is 0. The van der Waals surface area contributed by atoms with Crippen molar-refractivity contribution < 1.29 is 33.8 Å². The van der Waals surface area contributed by atoms with Crippen molar-refractivity contribution in [3.05, 3.63) is 83.4 Å². The van der Waals surface area contributed by atoms with Crippen LogP contribution in [0.15, 0.2) is 82.0 Å². The highest BCUT2D eigenvalue weighted by atomic mass is 16.6. The molecule has 5 rings (SSSR count). The van der Waals surface area contributed by atoms with E-state index in [9.17, 15) is 24.3 Å². The van der Waals surface area contributed by atoms with Crippen molar-refractivity contribution in [2.75, 3.05) is 25.1 Å². The van der Waals surface area contributed by atoms with E-state index in [1.54, 1.807) is 24.3 Å². The average Bonchev–Trinajstić information content (AvgIpc) is 3.66. The summed E-state index contributed by atoms with van der Waals surface area (Å²) in [6, 6.07) is 19.7. The molecule has 3 aromatic carbocycles. The van der Waals surface area contributed by atoms with E-state index in [1.807, 2.05) is 64.1 Å². The molecule has 0 spiro atoms. The zero-order valence-corrected chi connectivity index (χ0v) is 30.2. The Morgan fingerprint density at radius 2 is 1.62 bits per heavy atom. The number of nitrogens with one attached hydrogen (secondary N) is 2. The van der Waals surface area contributed by atoms with Crippen molar-refractivity contribution in [1.82, 2.24) is 5.32 Å². The number of alkyl carbamates (subject to hydrolysis) is 1. The van der Waals surface area contributed by atoms with E-state index in [0.29, 0.717) is 56.4 Å². The number of ether oxygens (including phenoxy) is 2. The Balaban J connectivity index is 1.27. The Morgan fingerprint density at radius 3 is 2.23 bits per heavy atom. The Morgan fingerprint density at radius 1 is 0.923 bits per heavy atom. The molecular weight excluding hydrogens is 662 g/mol. The predicted molar refractivity (Wildman–Crippen MR) is 198 cm³/mol. The van der Waals surface area contributed by atoms with Crippen LogP contribution in [0.25, 0.3) is 11.1 Å². The number of carbonyl (C=O) groups is 4. The molecule has 3 aromatic rings. The van der Waals surface area contributed by atoms with Crippen LogP contribution in [0.2, 0.25) is 0 Å². The number of nitrogens with zero attached hydrogens (tertiary/aromatic N) is 3. The third-order valence-corrected chi connectivity index (χ3v) is 9.19. The van der Waals surface area contributed by atoms with E-state index in [1.165, 1.54) is 6.07 Å². The van der Waals surface area contributed by atoms with Gasteiger partial charge in [-0.1, -0.05) is 24.3 Å². The average molecular weight is 710 g/mol. The van der Waals surface area contributed by atoms with Crippen LogP contribution < -0.4 is 15.4 Å². The maximum atomic E-state index is 13.8. The Bertz CT molecular complexity index is 1810. The van der Waals surface area contributed by atoms with Crippen molar-refractivity contribution in [2.45, 2.75) is 71.8 Å². The van der Waals surface area contributed by atoms with E-state index >= 15 is 0 Å². The number of azo groups is 1.